The molecule has 15 heteroatoms. The van der Waals surface area contributed by atoms with Gasteiger partial charge in [0.2, 0.25) is 34.2 Å². The highest BCUT2D eigenvalue weighted by Gasteiger charge is 2.48. The van der Waals surface area contributed by atoms with E-state index in [9.17, 15) is 36.4 Å². The Kier molecular flexibility index (Phi) is 14.3. The number of benzene rings is 1. The van der Waals surface area contributed by atoms with Crippen molar-refractivity contribution in [2.45, 2.75) is 124 Å². The first-order valence-electron chi connectivity index (χ1n) is 18.2. The summed E-state index contributed by atoms with van der Waals surface area (Å²) in [7, 11) is -2.12. The van der Waals surface area contributed by atoms with Crippen LogP contribution in [0.4, 0.5) is 13.6 Å². The van der Waals surface area contributed by atoms with Crippen LogP contribution in [0.3, 0.4) is 0 Å². The molecule has 0 aromatic heterocycles. The van der Waals surface area contributed by atoms with Crippen molar-refractivity contribution in [1.82, 2.24) is 30.5 Å². The Morgan fingerprint density at radius 2 is 1.60 bits per heavy atom. The van der Waals surface area contributed by atoms with E-state index in [4.69, 9.17) is 0 Å². The fraction of sp³-hybridized carbons (Fsp3) is 0.730. The van der Waals surface area contributed by atoms with Crippen LogP contribution in [-0.2, 0) is 30.8 Å². The van der Waals surface area contributed by atoms with Gasteiger partial charge in [-0.05, 0) is 59.5 Å². The number of alkyl halides is 2. The number of halogens is 2. The van der Waals surface area contributed by atoms with Crippen LogP contribution in [0.5, 0.6) is 0 Å². The Balaban J connectivity index is 1.85. The zero-order valence-electron chi connectivity index (χ0n) is 32.4. The van der Waals surface area contributed by atoms with E-state index < -0.39 is 81.6 Å². The Morgan fingerprint density at radius 3 is 2.15 bits per heavy atom. The minimum atomic E-state index is -3.54. The lowest BCUT2D eigenvalue weighted by atomic mass is 9.84. The molecule has 12 nitrogen and oxygen atoms in total. The van der Waals surface area contributed by atoms with Gasteiger partial charge in [-0.2, -0.15) is 0 Å². The molecule has 1 aliphatic heterocycles. The number of aryl methyl sites for hydroxylation is 1. The highest BCUT2D eigenvalue weighted by Crippen LogP contribution is 2.34. The molecule has 1 aromatic rings. The average molecular weight is 755 g/mol. The topological polar surface area (TPSA) is 157 Å². The monoisotopic (exact) mass is 754 g/mol. The third kappa shape index (κ3) is 11.3. The summed E-state index contributed by atoms with van der Waals surface area (Å²) in [4.78, 5) is 57.0. The quantitative estimate of drug-likeness (QED) is 0.237. The predicted molar refractivity (Wildman–Crippen MR) is 197 cm³/mol. The average Bonchev–Trinajstić information content (AvgIpc) is 3.47. The van der Waals surface area contributed by atoms with E-state index in [1.54, 1.807) is 20.8 Å². The summed E-state index contributed by atoms with van der Waals surface area (Å²) in [6.07, 6.45) is 0.0708. The number of hydrogen-bond acceptors (Lipinski definition) is 6. The molecule has 0 bridgehead atoms. The lowest BCUT2D eigenvalue weighted by molar-refractivity contribution is -0.144. The van der Waals surface area contributed by atoms with Gasteiger partial charge < -0.3 is 26.2 Å². The van der Waals surface area contributed by atoms with Gasteiger partial charge in [0.1, 0.15) is 18.1 Å². The molecule has 5 amide bonds. The molecule has 6 atom stereocenters. The number of carbonyl (C=O) groups excluding carboxylic acids is 4. The summed E-state index contributed by atoms with van der Waals surface area (Å²) in [6.45, 7) is 14.9. The zero-order chi connectivity index (χ0) is 39.3. The Hall–Kier alpha value is -3.33. The Bertz CT molecular complexity index is 1540. The van der Waals surface area contributed by atoms with E-state index in [-0.39, 0.29) is 31.0 Å². The van der Waals surface area contributed by atoms with Gasteiger partial charge in [-0.1, -0.05) is 79.7 Å². The molecule has 2 unspecified atom stereocenters. The molecule has 1 saturated heterocycles. The Labute approximate surface area is 308 Å². The summed E-state index contributed by atoms with van der Waals surface area (Å²) in [5, 5.41) is 11.1. The Morgan fingerprint density at radius 1 is 0.962 bits per heavy atom. The normalized spacial score (nSPS) is 21.4. The van der Waals surface area contributed by atoms with E-state index in [0.717, 1.165) is 34.5 Å². The van der Waals surface area contributed by atoms with Crippen molar-refractivity contribution in [3.05, 3.63) is 35.4 Å². The number of nitrogens with one attached hydrogen (secondary N) is 4. The first-order chi connectivity index (χ1) is 23.9. The second kappa shape index (κ2) is 17.2. The molecule has 0 radical (unpaired) electrons. The number of likely N-dealkylation sites (N-methyl/N-ethyl adjacent to an activating group) is 1. The number of amides is 5. The van der Waals surface area contributed by atoms with Crippen LogP contribution in [0.1, 0.15) is 98.2 Å². The number of sulfonamides is 1. The molecule has 2 aliphatic rings. The summed E-state index contributed by atoms with van der Waals surface area (Å²) in [5.41, 5.74) is 0.624. The van der Waals surface area contributed by atoms with E-state index in [2.05, 4.69) is 21.3 Å². The van der Waals surface area contributed by atoms with Gasteiger partial charge >= 0.3 is 6.03 Å². The molecule has 4 N–H and O–H groups in total. The molecule has 1 aliphatic carbocycles. The molecular weight excluding hydrogens is 695 g/mol. The third-order valence-electron chi connectivity index (χ3n) is 10.3. The lowest BCUT2D eigenvalue weighted by Crippen LogP contribution is -2.62. The summed E-state index contributed by atoms with van der Waals surface area (Å²) in [6, 6.07) is 2.25. The maximum atomic E-state index is 14.4. The largest absolute Gasteiger partial charge is 0.348 e. The van der Waals surface area contributed by atoms with Crippen LogP contribution in [0.2, 0.25) is 0 Å². The van der Waals surface area contributed by atoms with E-state index in [1.165, 1.54) is 11.9 Å². The first kappa shape index (κ1) is 43.1. The highest BCUT2D eigenvalue weighted by molar-refractivity contribution is 7.88. The van der Waals surface area contributed by atoms with Crippen LogP contribution in [0.15, 0.2) is 24.3 Å². The maximum Gasteiger partial charge on any atom is 0.315 e. The summed E-state index contributed by atoms with van der Waals surface area (Å²) in [5.74, 6) is -2.36. The molecule has 52 heavy (non-hydrogen) atoms. The number of nitrogens with zero attached hydrogens (tertiary/aromatic N) is 2. The molecule has 294 valence electrons. The van der Waals surface area contributed by atoms with Crippen molar-refractivity contribution in [3.8, 4) is 0 Å². The van der Waals surface area contributed by atoms with Crippen LogP contribution in [0, 0.1) is 22.7 Å². The number of fused-ring (bicyclic) bond motifs is 1. The smallest absolute Gasteiger partial charge is 0.315 e. The van der Waals surface area contributed by atoms with Crippen LogP contribution < -0.4 is 21.3 Å². The third-order valence-corrected chi connectivity index (χ3v) is 11.6. The second-order valence-electron chi connectivity index (χ2n) is 16.9. The highest BCUT2D eigenvalue weighted by atomic mass is 32.2. The molecule has 3 rings (SSSR count). The fourth-order valence-electron chi connectivity index (χ4n) is 7.01. The number of rotatable bonds is 13. The number of urea groups is 1. The van der Waals surface area contributed by atoms with Crippen molar-refractivity contribution in [3.63, 3.8) is 0 Å². The van der Waals surface area contributed by atoms with Crippen molar-refractivity contribution in [1.29, 1.82) is 0 Å². The summed E-state index contributed by atoms with van der Waals surface area (Å²) >= 11 is 0. The standard InChI is InChI=1S/C37H60F2N6O6S/c1-22(2)24-18-19-45(34(48)31(37(6,7)8)43-35(49)42-28(36(3,4)5)21-44(9)52(10,50)51)30(24)33(47)41-27(20-29(38)39)32(46)40-26-17-13-15-23-14-11-12-16-25(23)26/h11-12,14,16,22,24,26-31H,13,15,17-21H2,1-10H3,(H,40,46)(H,41,47)(H2,42,43,49)/t24?,26?,27-,28+,30-,31+/m0/s1. The van der Waals surface area contributed by atoms with Crippen LogP contribution >= 0.6 is 0 Å². The maximum absolute atomic E-state index is 14.4. The van der Waals surface area contributed by atoms with E-state index in [0.29, 0.717) is 12.8 Å². The minimum absolute atomic E-state index is 0.00502. The number of likely N-dealkylation sites (tertiary alicyclic amines) is 1. The van der Waals surface area contributed by atoms with E-state index in [1.807, 2.05) is 58.9 Å². The van der Waals surface area contributed by atoms with Gasteiger partial charge in [-0.25, -0.2) is 26.3 Å². The molecule has 1 aromatic carbocycles. The van der Waals surface area contributed by atoms with Gasteiger partial charge in [0.15, 0.2) is 0 Å². The van der Waals surface area contributed by atoms with Crippen LogP contribution in [0.25, 0.3) is 0 Å². The number of carbonyl (C=O) groups is 4. The molecule has 0 spiro atoms. The molecule has 1 fully saturated rings. The molecule has 0 saturated carbocycles. The van der Waals surface area contributed by atoms with E-state index >= 15 is 0 Å². The van der Waals surface area contributed by atoms with Gasteiger partial charge in [-0.3, -0.25) is 14.4 Å². The van der Waals surface area contributed by atoms with Crippen molar-refractivity contribution < 1.29 is 36.4 Å². The predicted octanol–water partition coefficient (Wildman–Crippen LogP) is 4.21. The second-order valence-corrected chi connectivity index (χ2v) is 19.0. The molecule has 1 heterocycles. The van der Waals surface area contributed by atoms with Gasteiger partial charge in [0.25, 0.3) is 0 Å². The summed E-state index contributed by atoms with van der Waals surface area (Å²) < 4.78 is 53.2. The first-order valence-corrected chi connectivity index (χ1v) is 20.0. The van der Waals surface area contributed by atoms with Gasteiger partial charge in [-0.15, -0.1) is 0 Å². The lowest BCUT2D eigenvalue weighted by Gasteiger charge is -2.38. The zero-order valence-corrected chi connectivity index (χ0v) is 33.2. The van der Waals surface area contributed by atoms with Gasteiger partial charge in [0, 0.05) is 32.6 Å². The van der Waals surface area contributed by atoms with Crippen LogP contribution in [-0.4, -0.2) is 98.4 Å². The van der Waals surface area contributed by atoms with Crippen molar-refractivity contribution in [2.75, 3.05) is 26.4 Å². The molecular formula is C37H60F2N6O6S. The van der Waals surface area contributed by atoms with Crippen molar-refractivity contribution >= 4 is 33.8 Å². The fourth-order valence-corrected chi connectivity index (χ4v) is 7.43. The van der Waals surface area contributed by atoms with Crippen molar-refractivity contribution in [2.24, 2.45) is 22.7 Å². The SMILES string of the molecule is CC(C)C1CCN(C(=O)[C@@H](NC(=O)N[C@H](CN(C)S(C)(=O)=O)C(C)(C)C)C(C)(C)C)[C@@H]1C(=O)N[C@@H](CC(F)F)C(=O)NC1CCCc2ccccc21. The minimum Gasteiger partial charge on any atom is -0.348 e. The van der Waals surface area contributed by atoms with Gasteiger partial charge in [0.05, 0.1) is 12.3 Å². The number of hydrogen-bond donors (Lipinski definition) is 4.